The molecular formula is C12H19N2O5P. The molecule has 0 spiro atoms. The summed E-state index contributed by atoms with van der Waals surface area (Å²) in [7, 11) is -3.08. The first-order valence-corrected chi connectivity index (χ1v) is 8.03. The molecule has 0 aliphatic heterocycles. The Kier molecular flexibility index (Phi) is 6.13. The highest BCUT2D eigenvalue weighted by molar-refractivity contribution is 7.54. The molecule has 112 valence electrons. The molecule has 0 amide bonds. The lowest BCUT2D eigenvalue weighted by atomic mass is 10.2. The molecular weight excluding hydrogens is 283 g/mol. The molecule has 8 heteroatoms. The maximum absolute atomic E-state index is 12.1. The van der Waals surface area contributed by atoms with Crippen molar-refractivity contribution in [2.75, 3.05) is 37.0 Å². The van der Waals surface area contributed by atoms with Crippen molar-refractivity contribution in [2.45, 2.75) is 13.8 Å². The fourth-order valence-electron chi connectivity index (χ4n) is 1.57. The van der Waals surface area contributed by atoms with E-state index in [0.717, 1.165) is 0 Å². The van der Waals surface area contributed by atoms with Crippen LogP contribution in [0.25, 0.3) is 0 Å². The van der Waals surface area contributed by atoms with E-state index < -0.39 is 18.5 Å². The molecule has 0 fully saturated rings. The minimum atomic E-state index is -3.08. The molecule has 3 N–H and O–H groups in total. The summed E-state index contributed by atoms with van der Waals surface area (Å²) in [6, 6.07) is 0. The molecule has 0 atom stereocenters. The van der Waals surface area contributed by atoms with E-state index in [9.17, 15) is 14.2 Å². The molecule has 0 bridgehead atoms. The molecule has 0 aliphatic carbocycles. The third-order valence-corrected chi connectivity index (χ3v) is 4.45. The van der Waals surface area contributed by atoms with Gasteiger partial charge in [0.2, 0.25) is 0 Å². The lowest BCUT2D eigenvalue weighted by molar-refractivity contribution is 0.222. The van der Waals surface area contributed by atoms with Crippen molar-refractivity contribution in [3.8, 4) is 0 Å². The molecule has 0 aromatic heterocycles. The molecule has 0 saturated heterocycles. The number of nitrogen functional groups attached to an aromatic ring is 1. The standard InChI is InChI=1S/C12H19N2O5P/c1-3-18-20(17,19-4-2)8-6-5-7-14-10-9(13)11(15)12(10)16/h5-6,14H,3-4,7-8,13H2,1-2H3/b6-5+. The van der Waals surface area contributed by atoms with Gasteiger partial charge in [-0.25, -0.2) is 0 Å². The van der Waals surface area contributed by atoms with E-state index >= 15 is 0 Å². The first kappa shape index (κ1) is 16.6. The molecule has 1 aromatic rings. The fourth-order valence-corrected chi connectivity index (χ4v) is 3.05. The average Bonchev–Trinajstić information content (AvgIpc) is 2.42. The predicted molar refractivity (Wildman–Crippen MR) is 79.1 cm³/mol. The zero-order valence-corrected chi connectivity index (χ0v) is 12.4. The molecule has 0 aliphatic rings. The summed E-state index contributed by atoms with van der Waals surface area (Å²) in [4.78, 5) is 22.0. The Morgan fingerprint density at radius 3 is 2.25 bits per heavy atom. The van der Waals surface area contributed by atoms with Gasteiger partial charge >= 0.3 is 7.60 Å². The number of rotatable bonds is 9. The van der Waals surface area contributed by atoms with Crippen LogP contribution in [0.2, 0.25) is 0 Å². The second-order valence-corrected chi connectivity index (χ2v) is 6.03. The van der Waals surface area contributed by atoms with E-state index in [-0.39, 0.29) is 17.5 Å². The number of nitrogens with one attached hydrogen (secondary N) is 1. The van der Waals surface area contributed by atoms with Gasteiger partial charge in [-0.3, -0.25) is 14.2 Å². The lowest BCUT2D eigenvalue weighted by Gasteiger charge is -2.14. The Hall–Kier alpha value is -1.43. The summed E-state index contributed by atoms with van der Waals surface area (Å²) in [5.41, 5.74) is 4.19. The Labute approximate surface area is 117 Å². The van der Waals surface area contributed by atoms with Gasteiger partial charge in [0.05, 0.1) is 19.4 Å². The van der Waals surface area contributed by atoms with Crippen LogP contribution in [-0.4, -0.2) is 25.9 Å². The van der Waals surface area contributed by atoms with Crippen molar-refractivity contribution in [3.63, 3.8) is 0 Å². The molecule has 0 heterocycles. The number of hydrogen-bond donors (Lipinski definition) is 2. The third kappa shape index (κ3) is 4.03. The van der Waals surface area contributed by atoms with E-state index in [2.05, 4.69) is 5.32 Å². The highest BCUT2D eigenvalue weighted by atomic mass is 31.2. The summed E-state index contributed by atoms with van der Waals surface area (Å²) >= 11 is 0. The van der Waals surface area contributed by atoms with E-state index in [1.54, 1.807) is 26.0 Å². The van der Waals surface area contributed by atoms with Gasteiger partial charge in [-0.2, -0.15) is 0 Å². The Balaban J connectivity index is 2.44. The maximum Gasteiger partial charge on any atom is 0.334 e. The summed E-state index contributed by atoms with van der Waals surface area (Å²) in [5.74, 6) is 0. The SMILES string of the molecule is CCOP(=O)(C/C=C/CNc1c(N)c(=O)c1=O)OCC. The number of hydrogen-bond acceptors (Lipinski definition) is 7. The van der Waals surface area contributed by atoms with Crippen LogP contribution in [0.4, 0.5) is 11.4 Å². The molecule has 7 nitrogen and oxygen atoms in total. The van der Waals surface area contributed by atoms with Gasteiger partial charge in [0.25, 0.3) is 10.9 Å². The van der Waals surface area contributed by atoms with Gasteiger partial charge in [0.1, 0.15) is 11.4 Å². The number of nitrogens with two attached hydrogens (primary N) is 1. The molecule has 0 radical (unpaired) electrons. The van der Waals surface area contributed by atoms with Crippen molar-refractivity contribution in [1.82, 2.24) is 0 Å². The zero-order valence-electron chi connectivity index (χ0n) is 11.5. The summed E-state index contributed by atoms with van der Waals surface area (Å²) in [6.45, 7) is 4.40. The second kappa shape index (κ2) is 7.38. The van der Waals surface area contributed by atoms with Crippen molar-refractivity contribution < 1.29 is 13.6 Å². The zero-order chi connectivity index (χ0) is 15.2. The van der Waals surface area contributed by atoms with Crippen molar-refractivity contribution >= 4 is 19.0 Å². The normalized spacial score (nSPS) is 12.3. The van der Waals surface area contributed by atoms with Crippen molar-refractivity contribution in [1.29, 1.82) is 0 Å². The Morgan fingerprint density at radius 2 is 1.75 bits per heavy atom. The van der Waals surface area contributed by atoms with Crippen LogP contribution in [0.1, 0.15) is 13.8 Å². The molecule has 0 saturated carbocycles. The third-order valence-electron chi connectivity index (χ3n) is 2.49. The van der Waals surface area contributed by atoms with Gasteiger partial charge in [-0.15, -0.1) is 0 Å². The largest absolute Gasteiger partial charge is 0.394 e. The Bertz CT molecular complexity index is 579. The first-order valence-electron chi connectivity index (χ1n) is 6.31. The molecule has 0 unspecified atom stereocenters. The quantitative estimate of drug-likeness (QED) is 0.399. The van der Waals surface area contributed by atoms with Gasteiger partial charge in [0, 0.05) is 6.54 Å². The maximum atomic E-state index is 12.1. The lowest BCUT2D eigenvalue weighted by Crippen LogP contribution is -2.37. The minimum Gasteiger partial charge on any atom is -0.394 e. The van der Waals surface area contributed by atoms with Gasteiger partial charge < -0.3 is 20.1 Å². The monoisotopic (exact) mass is 302 g/mol. The van der Waals surface area contributed by atoms with E-state index in [0.29, 0.717) is 19.8 Å². The predicted octanol–water partition coefficient (Wildman–Crippen LogP) is 1.10. The smallest absolute Gasteiger partial charge is 0.334 e. The van der Waals surface area contributed by atoms with E-state index in [1.807, 2.05) is 0 Å². The van der Waals surface area contributed by atoms with Gasteiger partial charge in [-0.05, 0) is 13.8 Å². The number of allylic oxidation sites excluding steroid dienone is 1. The van der Waals surface area contributed by atoms with Crippen LogP contribution >= 0.6 is 7.60 Å². The molecule has 20 heavy (non-hydrogen) atoms. The van der Waals surface area contributed by atoms with Crippen LogP contribution in [0.5, 0.6) is 0 Å². The van der Waals surface area contributed by atoms with Crippen LogP contribution in [0, 0.1) is 0 Å². The second-order valence-electron chi connectivity index (χ2n) is 3.93. The van der Waals surface area contributed by atoms with Gasteiger partial charge in [0.15, 0.2) is 0 Å². The topological polar surface area (TPSA) is 108 Å². The van der Waals surface area contributed by atoms with Crippen molar-refractivity contribution in [2.24, 2.45) is 0 Å². The highest BCUT2D eigenvalue weighted by Crippen LogP contribution is 2.47. The highest BCUT2D eigenvalue weighted by Gasteiger charge is 2.21. The average molecular weight is 302 g/mol. The summed E-state index contributed by atoms with van der Waals surface area (Å²) < 4.78 is 22.3. The van der Waals surface area contributed by atoms with Crippen molar-refractivity contribution in [3.05, 3.63) is 32.6 Å². The van der Waals surface area contributed by atoms with E-state index in [4.69, 9.17) is 14.8 Å². The van der Waals surface area contributed by atoms with Crippen LogP contribution < -0.4 is 21.9 Å². The summed E-state index contributed by atoms with van der Waals surface area (Å²) in [5, 5.41) is 2.73. The van der Waals surface area contributed by atoms with Crippen LogP contribution in [0.15, 0.2) is 21.7 Å². The summed E-state index contributed by atoms with van der Waals surface area (Å²) in [6.07, 6.45) is 3.46. The number of anilines is 2. The van der Waals surface area contributed by atoms with Gasteiger partial charge in [-0.1, -0.05) is 12.2 Å². The fraction of sp³-hybridized carbons (Fsp3) is 0.500. The Morgan fingerprint density at radius 1 is 1.15 bits per heavy atom. The molecule has 1 rings (SSSR count). The minimum absolute atomic E-state index is 0.0438. The van der Waals surface area contributed by atoms with E-state index in [1.165, 1.54) is 0 Å². The van der Waals surface area contributed by atoms with Crippen LogP contribution in [0.3, 0.4) is 0 Å². The first-order chi connectivity index (χ1) is 9.45. The molecule has 1 aromatic carbocycles. The van der Waals surface area contributed by atoms with Crippen LogP contribution in [-0.2, 0) is 13.6 Å².